The van der Waals surface area contributed by atoms with Gasteiger partial charge in [-0.15, -0.1) is 24.8 Å². The molecule has 0 spiro atoms. The summed E-state index contributed by atoms with van der Waals surface area (Å²) >= 11 is 6.18. The van der Waals surface area contributed by atoms with Crippen LogP contribution in [0.5, 0.6) is 0 Å². The largest absolute Gasteiger partial charge is 0.441 e. The predicted molar refractivity (Wildman–Crippen MR) is 113 cm³/mol. The molecule has 1 aromatic carbocycles. The van der Waals surface area contributed by atoms with E-state index < -0.39 is 0 Å². The second kappa shape index (κ2) is 11.5. The van der Waals surface area contributed by atoms with Crippen LogP contribution in [0, 0.1) is 5.92 Å². The number of aryl methyl sites for hydroxylation is 1. The molecule has 0 aliphatic carbocycles. The van der Waals surface area contributed by atoms with Crippen molar-refractivity contribution < 1.29 is 9.21 Å². The van der Waals surface area contributed by atoms with Gasteiger partial charge in [0.1, 0.15) is 0 Å². The van der Waals surface area contributed by atoms with Crippen LogP contribution in [0.25, 0.3) is 11.3 Å². The first-order valence-electron chi connectivity index (χ1n) is 8.79. The second-order valence-electron chi connectivity index (χ2n) is 6.48. The SMILES string of the molecule is CNCC1CCN(C(=O)CCc2ncc(-c3ccccc3Cl)o2)CC1.Cl.Cl. The molecule has 150 valence electrons. The average molecular weight is 435 g/mol. The normalized spacial score (nSPS) is 14.4. The number of piperidine rings is 1. The molecule has 3 rings (SSSR count). The van der Waals surface area contributed by atoms with Gasteiger partial charge in [0.2, 0.25) is 5.91 Å². The minimum Gasteiger partial charge on any atom is -0.441 e. The zero-order valence-electron chi connectivity index (χ0n) is 15.3. The van der Waals surface area contributed by atoms with Gasteiger partial charge in [0, 0.05) is 31.5 Å². The fourth-order valence-electron chi connectivity index (χ4n) is 3.26. The molecule has 2 heterocycles. The van der Waals surface area contributed by atoms with Gasteiger partial charge in [-0.05, 0) is 44.5 Å². The lowest BCUT2D eigenvalue weighted by atomic mass is 9.96. The Morgan fingerprint density at radius 3 is 2.67 bits per heavy atom. The Labute approximate surface area is 177 Å². The smallest absolute Gasteiger partial charge is 0.223 e. The fourth-order valence-corrected chi connectivity index (χ4v) is 3.49. The quantitative estimate of drug-likeness (QED) is 0.739. The molecule has 1 saturated heterocycles. The van der Waals surface area contributed by atoms with Crippen LogP contribution in [-0.2, 0) is 11.2 Å². The highest BCUT2D eigenvalue weighted by molar-refractivity contribution is 6.33. The Bertz CT molecular complexity index is 716. The van der Waals surface area contributed by atoms with Crippen LogP contribution < -0.4 is 5.32 Å². The highest BCUT2D eigenvalue weighted by Gasteiger charge is 2.22. The van der Waals surface area contributed by atoms with E-state index in [9.17, 15) is 4.79 Å². The highest BCUT2D eigenvalue weighted by atomic mass is 35.5. The van der Waals surface area contributed by atoms with Crippen molar-refractivity contribution in [2.75, 3.05) is 26.7 Å². The van der Waals surface area contributed by atoms with Crippen LogP contribution in [0.15, 0.2) is 34.9 Å². The van der Waals surface area contributed by atoms with Gasteiger partial charge in [-0.3, -0.25) is 4.79 Å². The average Bonchev–Trinajstić information content (AvgIpc) is 3.10. The summed E-state index contributed by atoms with van der Waals surface area (Å²) in [6.07, 6.45) is 4.76. The van der Waals surface area contributed by atoms with Crippen molar-refractivity contribution in [2.24, 2.45) is 5.92 Å². The minimum atomic E-state index is 0. The predicted octanol–water partition coefficient (Wildman–Crippen LogP) is 4.23. The summed E-state index contributed by atoms with van der Waals surface area (Å²) in [4.78, 5) is 18.6. The maximum atomic E-state index is 12.4. The molecule has 0 saturated carbocycles. The van der Waals surface area contributed by atoms with Crippen LogP contribution in [0.3, 0.4) is 0 Å². The first-order valence-corrected chi connectivity index (χ1v) is 9.17. The van der Waals surface area contributed by atoms with Gasteiger partial charge < -0.3 is 14.6 Å². The maximum absolute atomic E-state index is 12.4. The summed E-state index contributed by atoms with van der Waals surface area (Å²) in [6.45, 7) is 2.73. The van der Waals surface area contributed by atoms with E-state index in [1.165, 1.54) is 0 Å². The number of nitrogens with one attached hydrogen (secondary N) is 1. The lowest BCUT2D eigenvalue weighted by Crippen LogP contribution is -2.40. The molecule has 1 N–H and O–H groups in total. The molecular weight excluding hydrogens is 409 g/mol. The molecule has 8 heteroatoms. The van der Waals surface area contributed by atoms with Gasteiger partial charge in [-0.2, -0.15) is 0 Å². The topological polar surface area (TPSA) is 58.4 Å². The molecule has 2 aromatic rings. The molecule has 1 amide bonds. The van der Waals surface area contributed by atoms with E-state index in [1.54, 1.807) is 6.20 Å². The number of hydrogen-bond acceptors (Lipinski definition) is 4. The monoisotopic (exact) mass is 433 g/mol. The number of oxazole rings is 1. The van der Waals surface area contributed by atoms with E-state index in [1.807, 2.05) is 36.2 Å². The number of amides is 1. The van der Waals surface area contributed by atoms with Crippen LogP contribution >= 0.6 is 36.4 Å². The summed E-state index contributed by atoms with van der Waals surface area (Å²) in [5.41, 5.74) is 0.820. The van der Waals surface area contributed by atoms with Crippen LogP contribution in [0.4, 0.5) is 0 Å². The first-order chi connectivity index (χ1) is 12.2. The summed E-state index contributed by atoms with van der Waals surface area (Å²) < 4.78 is 5.76. The van der Waals surface area contributed by atoms with Crippen molar-refractivity contribution in [3.05, 3.63) is 41.4 Å². The second-order valence-corrected chi connectivity index (χ2v) is 6.89. The number of carbonyl (C=O) groups is 1. The third kappa shape index (κ3) is 6.39. The molecule has 0 radical (unpaired) electrons. The molecule has 27 heavy (non-hydrogen) atoms. The molecule has 5 nitrogen and oxygen atoms in total. The number of halogens is 3. The van der Waals surface area contributed by atoms with Crippen LogP contribution in [-0.4, -0.2) is 42.5 Å². The Morgan fingerprint density at radius 2 is 2.00 bits per heavy atom. The number of carbonyl (C=O) groups excluding carboxylic acids is 1. The lowest BCUT2D eigenvalue weighted by Gasteiger charge is -2.32. The summed E-state index contributed by atoms with van der Waals surface area (Å²) in [6, 6.07) is 7.50. The van der Waals surface area contributed by atoms with Crippen LogP contribution in [0.2, 0.25) is 5.02 Å². The van der Waals surface area contributed by atoms with Crippen molar-refractivity contribution in [3.63, 3.8) is 0 Å². The van der Waals surface area contributed by atoms with Gasteiger partial charge in [0.15, 0.2) is 11.7 Å². The van der Waals surface area contributed by atoms with Crippen molar-refractivity contribution in [1.29, 1.82) is 0 Å². The molecular formula is C19H26Cl3N3O2. The van der Waals surface area contributed by atoms with E-state index in [4.69, 9.17) is 16.0 Å². The van der Waals surface area contributed by atoms with E-state index in [-0.39, 0.29) is 30.7 Å². The molecule has 1 aliphatic heterocycles. The minimum absolute atomic E-state index is 0. The Balaban J connectivity index is 0.00000182. The Hall–Kier alpha value is -1.27. The van der Waals surface area contributed by atoms with Crippen LogP contribution in [0.1, 0.15) is 25.2 Å². The lowest BCUT2D eigenvalue weighted by molar-refractivity contribution is -0.132. The summed E-state index contributed by atoms with van der Waals surface area (Å²) in [5, 5.41) is 3.84. The van der Waals surface area contributed by atoms with E-state index in [2.05, 4.69) is 10.3 Å². The van der Waals surface area contributed by atoms with Gasteiger partial charge in [0.25, 0.3) is 0 Å². The highest BCUT2D eigenvalue weighted by Crippen LogP contribution is 2.28. The molecule has 0 bridgehead atoms. The van der Waals surface area contributed by atoms with Gasteiger partial charge in [-0.25, -0.2) is 4.98 Å². The first kappa shape index (κ1) is 23.8. The molecule has 1 aromatic heterocycles. The van der Waals surface area contributed by atoms with E-state index >= 15 is 0 Å². The van der Waals surface area contributed by atoms with Crippen molar-refractivity contribution in [2.45, 2.75) is 25.7 Å². The number of nitrogens with zero attached hydrogens (tertiary/aromatic N) is 2. The molecule has 0 unspecified atom stereocenters. The summed E-state index contributed by atoms with van der Waals surface area (Å²) in [5.74, 6) is 2.08. The standard InChI is InChI=1S/C19H24ClN3O2.2ClH/c1-21-12-14-8-10-23(11-9-14)19(24)7-6-18-22-13-17(25-18)15-4-2-3-5-16(15)20;;/h2-5,13-14,21H,6-12H2,1H3;2*1H. The number of hydrogen-bond donors (Lipinski definition) is 1. The Kier molecular flexibility index (Phi) is 10.2. The molecule has 1 aliphatic rings. The number of rotatable bonds is 6. The molecule has 1 fully saturated rings. The molecule has 0 atom stereocenters. The van der Waals surface area contributed by atoms with Crippen molar-refractivity contribution in [1.82, 2.24) is 15.2 Å². The van der Waals surface area contributed by atoms with E-state index in [0.29, 0.717) is 35.4 Å². The van der Waals surface area contributed by atoms with Gasteiger partial charge >= 0.3 is 0 Å². The van der Waals surface area contributed by atoms with Crippen molar-refractivity contribution >= 4 is 42.3 Å². The summed E-state index contributed by atoms with van der Waals surface area (Å²) in [7, 11) is 1.98. The fraction of sp³-hybridized carbons (Fsp3) is 0.474. The van der Waals surface area contributed by atoms with Gasteiger partial charge in [-0.1, -0.05) is 23.7 Å². The zero-order chi connectivity index (χ0) is 17.6. The zero-order valence-corrected chi connectivity index (χ0v) is 17.7. The Morgan fingerprint density at radius 1 is 1.30 bits per heavy atom. The maximum Gasteiger partial charge on any atom is 0.223 e. The van der Waals surface area contributed by atoms with Crippen molar-refractivity contribution in [3.8, 4) is 11.3 Å². The number of benzene rings is 1. The van der Waals surface area contributed by atoms with E-state index in [0.717, 1.165) is 38.0 Å². The number of likely N-dealkylation sites (tertiary alicyclic amines) is 1. The third-order valence-corrected chi connectivity index (χ3v) is 5.04. The van der Waals surface area contributed by atoms with Gasteiger partial charge in [0.05, 0.1) is 11.2 Å². The third-order valence-electron chi connectivity index (χ3n) is 4.71. The number of aromatic nitrogens is 1.